The first kappa shape index (κ1) is 13.3. The van der Waals surface area contributed by atoms with E-state index in [1.54, 1.807) is 24.3 Å². The Balaban J connectivity index is 2.26. The van der Waals surface area contributed by atoms with Crippen molar-refractivity contribution in [2.24, 2.45) is 0 Å². The van der Waals surface area contributed by atoms with Gasteiger partial charge in [-0.05, 0) is 25.0 Å². The molecule has 7 heteroatoms. The van der Waals surface area contributed by atoms with Crippen molar-refractivity contribution in [3.05, 3.63) is 45.0 Å². The quantitative estimate of drug-likeness (QED) is 0.572. The molecule has 0 spiro atoms. The van der Waals surface area contributed by atoms with Gasteiger partial charge in [0.25, 0.3) is 0 Å². The van der Waals surface area contributed by atoms with Crippen LogP contribution in [0.15, 0.2) is 33.9 Å². The van der Waals surface area contributed by atoms with Crippen molar-refractivity contribution < 1.29 is 9.59 Å². The molecule has 1 unspecified atom stereocenters. The molecule has 0 bridgehead atoms. The van der Waals surface area contributed by atoms with E-state index in [1.165, 1.54) is 4.57 Å². The fourth-order valence-electron chi connectivity index (χ4n) is 2.61. The Hall–Kier alpha value is -2.70. The zero-order valence-corrected chi connectivity index (χ0v) is 11.1. The average molecular weight is 287 g/mol. The molecule has 108 valence electrons. The molecule has 2 heterocycles. The van der Waals surface area contributed by atoms with Crippen molar-refractivity contribution in [1.82, 2.24) is 14.9 Å². The van der Waals surface area contributed by atoms with E-state index in [0.717, 1.165) is 0 Å². The number of hydrogen-bond acceptors (Lipinski definition) is 4. The van der Waals surface area contributed by atoms with Crippen molar-refractivity contribution in [1.29, 1.82) is 0 Å². The summed E-state index contributed by atoms with van der Waals surface area (Å²) in [5.74, 6) is -0.903. The van der Waals surface area contributed by atoms with Gasteiger partial charge in [-0.15, -0.1) is 0 Å². The Kier molecular flexibility index (Phi) is 3.17. The number of carbonyl (C=O) groups excluding carboxylic acids is 2. The number of benzene rings is 1. The smallest absolute Gasteiger partial charge is 0.316 e. The number of imide groups is 1. The largest absolute Gasteiger partial charge is 0.317 e. The van der Waals surface area contributed by atoms with E-state index in [2.05, 4.69) is 10.3 Å². The van der Waals surface area contributed by atoms with E-state index >= 15 is 0 Å². The summed E-state index contributed by atoms with van der Waals surface area (Å²) in [7, 11) is 0. The second-order valence-corrected chi connectivity index (χ2v) is 4.97. The first-order chi connectivity index (χ1) is 10.1. The SMILES string of the molecule is O=C1CCCC(n2c(=O)c(=O)[nH]c3ccccc32)C(=O)N1. The van der Waals surface area contributed by atoms with E-state index in [4.69, 9.17) is 0 Å². The molecule has 1 aromatic heterocycles. The molecule has 1 saturated heterocycles. The first-order valence-electron chi connectivity index (χ1n) is 6.65. The van der Waals surface area contributed by atoms with E-state index in [1.807, 2.05) is 0 Å². The standard InChI is InChI=1S/C14H13N3O4/c18-11-7-3-6-10(12(19)16-11)17-9-5-2-1-4-8(9)15-13(20)14(17)21/h1-2,4-5,10H,3,6-7H2,(H,15,20)(H,16,18,19). The molecule has 1 fully saturated rings. The number of hydrogen-bond donors (Lipinski definition) is 2. The van der Waals surface area contributed by atoms with Crippen LogP contribution in [-0.2, 0) is 9.59 Å². The molecule has 1 aromatic carbocycles. The minimum absolute atomic E-state index is 0.234. The van der Waals surface area contributed by atoms with E-state index in [0.29, 0.717) is 23.9 Å². The molecule has 2 aromatic rings. The Morgan fingerprint density at radius 1 is 1.10 bits per heavy atom. The highest BCUT2D eigenvalue weighted by Crippen LogP contribution is 2.20. The maximum Gasteiger partial charge on any atom is 0.317 e. The average Bonchev–Trinajstić information content (AvgIpc) is 2.61. The summed E-state index contributed by atoms with van der Waals surface area (Å²) in [5, 5.41) is 2.25. The molecule has 1 atom stereocenters. The van der Waals surface area contributed by atoms with Crippen LogP contribution in [0.3, 0.4) is 0 Å². The zero-order valence-electron chi connectivity index (χ0n) is 11.1. The molecule has 0 aliphatic carbocycles. The van der Waals surface area contributed by atoms with Crippen LogP contribution >= 0.6 is 0 Å². The number of para-hydroxylation sites is 2. The number of amides is 2. The monoisotopic (exact) mass is 287 g/mol. The highest BCUT2D eigenvalue weighted by atomic mass is 16.2. The normalized spacial score (nSPS) is 19.3. The maximum atomic E-state index is 12.2. The lowest BCUT2D eigenvalue weighted by Gasteiger charge is -2.18. The number of H-pyrrole nitrogens is 1. The van der Waals surface area contributed by atoms with Gasteiger partial charge in [0, 0.05) is 6.42 Å². The third-order valence-electron chi connectivity index (χ3n) is 3.58. The summed E-state index contributed by atoms with van der Waals surface area (Å²) < 4.78 is 1.18. The molecule has 7 nitrogen and oxygen atoms in total. The van der Waals surface area contributed by atoms with Crippen LogP contribution < -0.4 is 16.4 Å². The fraction of sp³-hybridized carbons (Fsp3) is 0.286. The van der Waals surface area contributed by atoms with Gasteiger partial charge in [0.05, 0.1) is 11.0 Å². The van der Waals surface area contributed by atoms with Gasteiger partial charge in [-0.1, -0.05) is 12.1 Å². The molecule has 2 amide bonds. The summed E-state index contributed by atoms with van der Waals surface area (Å²) >= 11 is 0. The molecular formula is C14H13N3O4. The Labute approximate surface area is 118 Å². The molecule has 1 aliphatic heterocycles. The van der Waals surface area contributed by atoms with Crippen LogP contribution in [0.4, 0.5) is 0 Å². The number of nitrogens with zero attached hydrogens (tertiary/aromatic N) is 1. The van der Waals surface area contributed by atoms with Crippen LogP contribution in [0.1, 0.15) is 25.3 Å². The number of fused-ring (bicyclic) bond motifs is 1. The van der Waals surface area contributed by atoms with Crippen molar-refractivity contribution >= 4 is 22.8 Å². The first-order valence-corrected chi connectivity index (χ1v) is 6.65. The van der Waals surface area contributed by atoms with Crippen LogP contribution in [0.25, 0.3) is 11.0 Å². The lowest BCUT2D eigenvalue weighted by atomic mass is 10.1. The van der Waals surface area contributed by atoms with Crippen molar-refractivity contribution in [3.8, 4) is 0 Å². The highest BCUT2D eigenvalue weighted by molar-refractivity contribution is 5.98. The van der Waals surface area contributed by atoms with Crippen LogP contribution in [0.2, 0.25) is 0 Å². The van der Waals surface area contributed by atoms with Gasteiger partial charge >= 0.3 is 11.1 Å². The van der Waals surface area contributed by atoms with Gasteiger partial charge in [-0.3, -0.25) is 29.1 Å². The van der Waals surface area contributed by atoms with E-state index in [9.17, 15) is 19.2 Å². The number of aromatic nitrogens is 2. The fourth-order valence-corrected chi connectivity index (χ4v) is 2.61. The predicted molar refractivity (Wildman–Crippen MR) is 74.9 cm³/mol. The zero-order chi connectivity index (χ0) is 15.0. The maximum absolute atomic E-state index is 12.2. The van der Waals surface area contributed by atoms with Gasteiger partial charge < -0.3 is 4.98 Å². The molecule has 2 N–H and O–H groups in total. The third-order valence-corrected chi connectivity index (χ3v) is 3.58. The molecular weight excluding hydrogens is 274 g/mol. The minimum Gasteiger partial charge on any atom is -0.316 e. The van der Waals surface area contributed by atoms with Crippen molar-refractivity contribution in [3.63, 3.8) is 0 Å². The van der Waals surface area contributed by atoms with Gasteiger partial charge in [0.1, 0.15) is 6.04 Å². The predicted octanol–water partition coefficient (Wildman–Crippen LogP) is 0.0576. The lowest BCUT2D eigenvalue weighted by molar-refractivity contribution is -0.131. The van der Waals surface area contributed by atoms with Gasteiger partial charge in [0.2, 0.25) is 11.8 Å². The summed E-state index contributed by atoms with van der Waals surface area (Å²) in [6.07, 6.45) is 1.05. The number of rotatable bonds is 1. The second kappa shape index (κ2) is 5.01. The van der Waals surface area contributed by atoms with Crippen LogP contribution in [-0.4, -0.2) is 21.4 Å². The van der Waals surface area contributed by atoms with E-state index < -0.39 is 23.1 Å². The Morgan fingerprint density at radius 3 is 2.67 bits per heavy atom. The topological polar surface area (TPSA) is 101 Å². The molecule has 0 saturated carbocycles. The third kappa shape index (κ3) is 2.26. The van der Waals surface area contributed by atoms with Gasteiger partial charge in [-0.2, -0.15) is 0 Å². The van der Waals surface area contributed by atoms with Gasteiger partial charge in [-0.25, -0.2) is 0 Å². The number of aromatic amines is 1. The lowest BCUT2D eigenvalue weighted by Crippen LogP contribution is -2.43. The summed E-state index contributed by atoms with van der Waals surface area (Å²) in [6.45, 7) is 0. The van der Waals surface area contributed by atoms with E-state index in [-0.39, 0.29) is 12.3 Å². The molecule has 0 radical (unpaired) electrons. The number of nitrogens with one attached hydrogen (secondary N) is 2. The highest BCUT2D eigenvalue weighted by Gasteiger charge is 2.28. The van der Waals surface area contributed by atoms with Crippen molar-refractivity contribution in [2.75, 3.05) is 0 Å². The molecule has 1 aliphatic rings. The summed E-state index contributed by atoms with van der Waals surface area (Å²) in [5.41, 5.74) is -0.623. The Bertz CT molecular complexity index is 849. The summed E-state index contributed by atoms with van der Waals surface area (Å²) in [6, 6.07) is 5.91. The van der Waals surface area contributed by atoms with Crippen molar-refractivity contribution in [2.45, 2.75) is 25.3 Å². The molecule has 21 heavy (non-hydrogen) atoms. The van der Waals surface area contributed by atoms with Gasteiger partial charge in [0.15, 0.2) is 0 Å². The molecule has 3 rings (SSSR count). The van der Waals surface area contributed by atoms with Crippen LogP contribution in [0.5, 0.6) is 0 Å². The summed E-state index contributed by atoms with van der Waals surface area (Å²) in [4.78, 5) is 50.0. The number of carbonyl (C=O) groups is 2. The minimum atomic E-state index is -0.851. The Morgan fingerprint density at radius 2 is 1.86 bits per heavy atom. The second-order valence-electron chi connectivity index (χ2n) is 4.97. The van der Waals surface area contributed by atoms with Crippen LogP contribution in [0, 0.1) is 0 Å².